The van der Waals surface area contributed by atoms with E-state index in [1.165, 1.54) is 16.7 Å². The van der Waals surface area contributed by atoms with Crippen LogP contribution < -0.4 is 0 Å². The summed E-state index contributed by atoms with van der Waals surface area (Å²) < 4.78 is 0. The molecule has 3 aromatic carbocycles. The van der Waals surface area contributed by atoms with E-state index in [0.29, 0.717) is 0 Å². The van der Waals surface area contributed by atoms with Crippen LogP contribution in [-0.4, -0.2) is 19.9 Å². The molecule has 4 aromatic heterocycles. The lowest BCUT2D eigenvalue weighted by atomic mass is 10.0. The second-order valence-electron chi connectivity index (χ2n) is 13.7. The zero-order valence-corrected chi connectivity index (χ0v) is 29.0. The summed E-state index contributed by atoms with van der Waals surface area (Å²) in [6.45, 7) is 6.39. The van der Waals surface area contributed by atoms with E-state index >= 15 is 0 Å². The minimum absolute atomic E-state index is 0.264. The number of fused-ring (bicyclic) bond motifs is 9. The van der Waals surface area contributed by atoms with Gasteiger partial charge in [-0.05, 0) is 79.9 Å². The second kappa shape index (κ2) is 12.5. The fraction of sp³-hybridized carbons (Fsp3) is 0.0851. The average molecular weight is 659 g/mol. The van der Waals surface area contributed by atoms with Crippen molar-refractivity contribution >= 4 is 51.3 Å². The van der Waals surface area contributed by atoms with Crippen molar-refractivity contribution in [3.05, 3.63) is 167 Å². The Kier molecular flexibility index (Phi) is 7.51. The largest absolute Gasteiger partial charge is 0.354 e. The van der Waals surface area contributed by atoms with E-state index in [9.17, 15) is 0 Å². The van der Waals surface area contributed by atoms with Crippen LogP contribution in [0.25, 0.3) is 84.7 Å². The normalized spacial score (nSPS) is 13.4. The monoisotopic (exact) mass is 658 g/mol. The molecule has 0 spiro atoms. The second-order valence-corrected chi connectivity index (χ2v) is 13.7. The van der Waals surface area contributed by atoms with E-state index in [1.54, 1.807) is 0 Å². The van der Waals surface area contributed by atoms with Gasteiger partial charge >= 0.3 is 0 Å². The SMILES string of the molecule is Cc1ccc(-c2c3nc(c4cc(/C=C/C5C=CC=C5)c([nH]4)c(-c4ccc(C)cc4)c4ccc([nH]4)c(-c4ccc(C)cc4)c4ccc2[nH]4)C=C3)cc1. The number of nitrogens with one attached hydrogen (secondary N) is 3. The highest BCUT2D eigenvalue weighted by Crippen LogP contribution is 2.37. The summed E-state index contributed by atoms with van der Waals surface area (Å²) in [6, 6.07) is 37.4. The number of nitrogens with zero attached hydrogens (tertiary/aromatic N) is 1. The van der Waals surface area contributed by atoms with Crippen molar-refractivity contribution in [3.63, 3.8) is 0 Å². The third-order valence-corrected chi connectivity index (χ3v) is 10.0. The van der Waals surface area contributed by atoms with Gasteiger partial charge in [0.15, 0.2) is 0 Å². The number of aryl methyl sites for hydroxylation is 3. The van der Waals surface area contributed by atoms with Crippen LogP contribution in [0.4, 0.5) is 0 Å². The maximum atomic E-state index is 5.31. The molecule has 1 aliphatic heterocycles. The van der Waals surface area contributed by atoms with Crippen LogP contribution in [-0.2, 0) is 0 Å². The molecule has 51 heavy (non-hydrogen) atoms. The highest BCUT2D eigenvalue weighted by molar-refractivity contribution is 6.02. The van der Waals surface area contributed by atoms with Gasteiger partial charge in [-0.3, -0.25) is 0 Å². The summed E-state index contributed by atoms with van der Waals surface area (Å²) in [6.07, 6.45) is 17.4. The van der Waals surface area contributed by atoms with Gasteiger partial charge in [0.1, 0.15) is 0 Å². The van der Waals surface area contributed by atoms with Crippen molar-refractivity contribution in [2.45, 2.75) is 20.8 Å². The molecule has 0 atom stereocenters. The van der Waals surface area contributed by atoms with Crippen LogP contribution in [0, 0.1) is 26.7 Å². The molecule has 0 saturated carbocycles. The fourth-order valence-electron chi connectivity index (χ4n) is 7.26. The minimum Gasteiger partial charge on any atom is -0.354 e. The van der Waals surface area contributed by atoms with Gasteiger partial charge in [0.05, 0.1) is 22.4 Å². The minimum atomic E-state index is 0.264. The first-order valence-electron chi connectivity index (χ1n) is 17.6. The molecule has 0 radical (unpaired) electrons. The first kappa shape index (κ1) is 30.7. The van der Waals surface area contributed by atoms with Crippen molar-refractivity contribution in [1.29, 1.82) is 0 Å². The van der Waals surface area contributed by atoms with Gasteiger partial charge in [-0.15, -0.1) is 0 Å². The summed E-state index contributed by atoms with van der Waals surface area (Å²) in [5, 5.41) is 0. The topological polar surface area (TPSA) is 60.3 Å². The highest BCUT2D eigenvalue weighted by Gasteiger charge is 2.17. The highest BCUT2D eigenvalue weighted by atomic mass is 14.8. The van der Waals surface area contributed by atoms with E-state index in [0.717, 1.165) is 83.4 Å². The predicted molar refractivity (Wildman–Crippen MR) is 217 cm³/mol. The number of allylic oxidation sites excluding steroid dienone is 5. The van der Waals surface area contributed by atoms with Crippen LogP contribution in [0.15, 0.2) is 134 Å². The van der Waals surface area contributed by atoms with Crippen LogP contribution in [0.5, 0.6) is 0 Å². The molecule has 0 fully saturated rings. The number of rotatable bonds is 5. The number of benzene rings is 3. The molecule has 4 heteroatoms. The molecule has 9 rings (SSSR count). The molecule has 0 amide bonds. The Morgan fingerprint density at radius 1 is 0.490 bits per heavy atom. The van der Waals surface area contributed by atoms with E-state index in [4.69, 9.17) is 4.98 Å². The Labute approximate surface area is 297 Å². The van der Waals surface area contributed by atoms with Gasteiger partial charge in [-0.2, -0.15) is 0 Å². The van der Waals surface area contributed by atoms with Gasteiger partial charge < -0.3 is 15.0 Å². The Morgan fingerprint density at radius 2 is 0.961 bits per heavy atom. The van der Waals surface area contributed by atoms with E-state index in [1.807, 2.05) is 0 Å². The Hall–Kier alpha value is -6.39. The molecule has 8 bridgehead atoms. The fourth-order valence-corrected chi connectivity index (χ4v) is 7.26. The predicted octanol–water partition coefficient (Wildman–Crippen LogP) is 12.4. The third-order valence-electron chi connectivity index (χ3n) is 10.0. The van der Waals surface area contributed by atoms with E-state index in [-0.39, 0.29) is 5.92 Å². The quantitative estimate of drug-likeness (QED) is 0.169. The molecule has 3 N–H and O–H groups in total. The number of hydrogen-bond donors (Lipinski definition) is 3. The number of aromatic nitrogens is 4. The summed E-state index contributed by atoms with van der Waals surface area (Å²) in [5.74, 6) is 0.264. The number of aromatic amines is 3. The molecule has 4 nitrogen and oxygen atoms in total. The molecule has 0 unspecified atom stereocenters. The van der Waals surface area contributed by atoms with Crippen molar-refractivity contribution in [2.75, 3.05) is 0 Å². The summed E-state index contributed by atoms with van der Waals surface area (Å²) >= 11 is 0. The summed E-state index contributed by atoms with van der Waals surface area (Å²) in [4.78, 5) is 16.9. The molecular weight excluding hydrogens is 621 g/mol. The number of hydrogen-bond acceptors (Lipinski definition) is 1. The Balaban J connectivity index is 1.45. The van der Waals surface area contributed by atoms with Crippen LogP contribution >= 0.6 is 0 Å². The molecule has 0 saturated heterocycles. The zero-order chi connectivity index (χ0) is 34.5. The van der Waals surface area contributed by atoms with E-state index in [2.05, 4.69) is 187 Å². The van der Waals surface area contributed by atoms with Crippen LogP contribution in [0.2, 0.25) is 0 Å². The smallest absolute Gasteiger partial charge is 0.0873 e. The van der Waals surface area contributed by atoms with Gasteiger partial charge in [0.2, 0.25) is 0 Å². The maximum Gasteiger partial charge on any atom is 0.0873 e. The third kappa shape index (κ3) is 5.75. The summed E-state index contributed by atoms with van der Waals surface area (Å²) in [7, 11) is 0. The van der Waals surface area contributed by atoms with Crippen molar-refractivity contribution in [3.8, 4) is 33.4 Å². The van der Waals surface area contributed by atoms with Crippen molar-refractivity contribution < 1.29 is 0 Å². The molecule has 246 valence electrons. The Morgan fingerprint density at radius 3 is 1.53 bits per heavy atom. The van der Waals surface area contributed by atoms with Crippen molar-refractivity contribution in [2.24, 2.45) is 5.92 Å². The molecule has 2 aliphatic rings. The van der Waals surface area contributed by atoms with Crippen molar-refractivity contribution in [1.82, 2.24) is 19.9 Å². The van der Waals surface area contributed by atoms with Crippen LogP contribution in [0.1, 0.15) is 33.6 Å². The average Bonchev–Trinajstić information content (AvgIpc) is 3.99. The Bertz CT molecular complexity index is 2670. The van der Waals surface area contributed by atoms with Crippen LogP contribution in [0.3, 0.4) is 0 Å². The van der Waals surface area contributed by atoms with E-state index < -0.39 is 0 Å². The van der Waals surface area contributed by atoms with Gasteiger partial charge in [0.25, 0.3) is 0 Å². The summed E-state index contributed by atoms with van der Waals surface area (Å²) in [5.41, 5.74) is 19.4. The molecule has 5 heterocycles. The zero-order valence-electron chi connectivity index (χ0n) is 29.0. The maximum absolute atomic E-state index is 5.31. The van der Waals surface area contributed by atoms with Gasteiger partial charge in [-0.25, -0.2) is 4.98 Å². The number of H-pyrrole nitrogens is 3. The molecule has 1 aliphatic carbocycles. The molecule has 7 aromatic rings. The van der Waals surface area contributed by atoms with Gasteiger partial charge in [0, 0.05) is 50.2 Å². The lowest BCUT2D eigenvalue weighted by molar-refractivity contribution is 1.10. The lowest BCUT2D eigenvalue weighted by Gasteiger charge is -2.06. The first-order chi connectivity index (χ1) is 25.0. The first-order valence-corrected chi connectivity index (χ1v) is 17.6. The lowest BCUT2D eigenvalue weighted by Crippen LogP contribution is -1.86. The van der Waals surface area contributed by atoms with Gasteiger partial charge in [-0.1, -0.05) is 126 Å². The molecular formula is C47H38N4. The standard InChI is InChI=1S/C47H38N4/c1-29-8-15-33(16-9-29)44-38-23-22-37(48-38)43-28-36(21-14-32-6-4-5-7-32)47(51-43)46(35-19-12-31(3)13-20-35)42-27-26-41(50-42)45(40-25-24-39(44)49-40)34-17-10-30(2)11-18-34/h4-28,32,49-51H,1-3H3/b21-14+,43-37?,44-38?,44-39?,45-40?,45-41?,46-42?,47-46?.